The molecular weight excluding hydrogens is 444 g/mol. The van der Waals surface area contributed by atoms with E-state index in [2.05, 4.69) is 43.4 Å². The first-order valence-corrected chi connectivity index (χ1v) is 12.3. The first-order valence-electron chi connectivity index (χ1n) is 11.9. The molecule has 0 saturated heterocycles. The number of aromatic nitrogens is 2. The number of fused-ring (bicyclic) bond motifs is 1. The molecule has 0 unspecified atom stereocenters. The molecule has 0 radical (unpaired) electrons. The molecule has 4 rings (SSSR count). The van der Waals surface area contributed by atoms with E-state index in [1.165, 1.54) is 0 Å². The average molecular weight is 479 g/mol. The highest BCUT2D eigenvalue weighted by Crippen LogP contribution is 2.30. The third-order valence-electron chi connectivity index (χ3n) is 6.41. The predicted molar refractivity (Wildman–Crippen MR) is 144 cm³/mol. The molecule has 2 N–H and O–H groups in total. The molecule has 2 amide bonds. The topological polar surface area (TPSA) is 73.4 Å². The molecule has 0 spiro atoms. The number of benzene rings is 2. The summed E-state index contributed by atoms with van der Waals surface area (Å²) in [7, 11) is 3.99. The fraction of sp³-hybridized carbons (Fsp3) is 0.423. The molecule has 7 nitrogen and oxygen atoms in total. The van der Waals surface area contributed by atoms with Crippen LogP contribution in [0.25, 0.3) is 10.9 Å². The summed E-state index contributed by atoms with van der Waals surface area (Å²) in [5.74, 6) is 1.88. The number of hydrogen-bond donors (Lipinski definition) is 3. The molecule has 3 aromatic rings. The van der Waals surface area contributed by atoms with Crippen LogP contribution in [0, 0.1) is 0 Å². The molecule has 1 heterocycles. The Balaban J connectivity index is 1.37. The van der Waals surface area contributed by atoms with Crippen LogP contribution < -0.4 is 15.5 Å². The van der Waals surface area contributed by atoms with Crippen LogP contribution in [-0.2, 0) is 0 Å². The highest BCUT2D eigenvalue weighted by molar-refractivity contribution is 7.78. The molecule has 8 heteroatoms. The fourth-order valence-corrected chi connectivity index (χ4v) is 4.85. The standard InChI is InChI=1S/C26H34N6OS/c1-17(2)20-9-5-7-11-22(20)29-26(33)32(34)19-15-13-18(14-16-19)27-25-28-23-12-8-6-10-21(23)24(30-25)31(3)4/h5-12,17-19,34H,13-16H2,1-4H3,(H,29,33)(H,27,28,30). The van der Waals surface area contributed by atoms with E-state index in [4.69, 9.17) is 9.97 Å². The van der Waals surface area contributed by atoms with Crippen LogP contribution in [0.5, 0.6) is 0 Å². The lowest BCUT2D eigenvalue weighted by Gasteiger charge is -2.34. The molecule has 0 aliphatic heterocycles. The quantitative estimate of drug-likeness (QED) is 0.384. The Morgan fingerprint density at radius 3 is 2.38 bits per heavy atom. The van der Waals surface area contributed by atoms with E-state index in [9.17, 15) is 4.79 Å². The van der Waals surface area contributed by atoms with Crippen molar-refractivity contribution in [3.63, 3.8) is 0 Å². The van der Waals surface area contributed by atoms with Crippen molar-refractivity contribution in [2.24, 2.45) is 0 Å². The van der Waals surface area contributed by atoms with Gasteiger partial charge in [-0.1, -0.05) is 57.0 Å². The van der Waals surface area contributed by atoms with Crippen molar-refractivity contribution in [3.8, 4) is 0 Å². The Morgan fingerprint density at radius 1 is 1.00 bits per heavy atom. The third-order valence-corrected chi connectivity index (χ3v) is 6.92. The summed E-state index contributed by atoms with van der Waals surface area (Å²) >= 11 is 4.56. The van der Waals surface area contributed by atoms with Gasteiger partial charge in [0.05, 0.1) is 5.52 Å². The maximum Gasteiger partial charge on any atom is 0.331 e. The zero-order chi connectivity index (χ0) is 24.2. The van der Waals surface area contributed by atoms with Crippen molar-refractivity contribution < 1.29 is 4.79 Å². The van der Waals surface area contributed by atoms with Crippen LogP contribution in [-0.4, -0.2) is 46.5 Å². The van der Waals surface area contributed by atoms with Gasteiger partial charge < -0.3 is 15.5 Å². The molecule has 1 aliphatic carbocycles. The monoisotopic (exact) mass is 478 g/mol. The summed E-state index contributed by atoms with van der Waals surface area (Å²) in [6.45, 7) is 4.25. The first kappa shape index (κ1) is 24.1. The van der Waals surface area contributed by atoms with Gasteiger partial charge in [-0.05, 0) is 55.4 Å². The maximum absolute atomic E-state index is 12.9. The smallest absolute Gasteiger partial charge is 0.331 e. The van der Waals surface area contributed by atoms with E-state index in [1.807, 2.05) is 61.5 Å². The Bertz CT molecular complexity index is 1140. The summed E-state index contributed by atoms with van der Waals surface area (Å²) in [4.78, 5) is 24.4. The number of nitrogens with zero attached hydrogens (tertiary/aromatic N) is 4. The minimum absolute atomic E-state index is 0.0856. The Hall–Kier alpha value is -3.00. The average Bonchev–Trinajstić information content (AvgIpc) is 2.83. The van der Waals surface area contributed by atoms with E-state index < -0.39 is 0 Å². The van der Waals surface area contributed by atoms with Gasteiger partial charge in [-0.3, -0.25) is 4.31 Å². The van der Waals surface area contributed by atoms with Gasteiger partial charge in [0.25, 0.3) is 0 Å². The maximum atomic E-state index is 12.9. The van der Waals surface area contributed by atoms with Gasteiger partial charge in [0, 0.05) is 37.3 Å². The minimum Gasteiger partial charge on any atom is -0.362 e. The number of anilines is 3. The second-order valence-corrected chi connectivity index (χ2v) is 9.88. The molecule has 1 aromatic heterocycles. The van der Waals surface area contributed by atoms with Crippen LogP contribution in [0.4, 0.5) is 22.2 Å². The van der Waals surface area contributed by atoms with Gasteiger partial charge >= 0.3 is 6.03 Å². The molecule has 0 atom stereocenters. The number of carbonyl (C=O) groups excluding carboxylic acids is 1. The normalized spacial score (nSPS) is 18.1. The van der Waals surface area contributed by atoms with Gasteiger partial charge in [-0.2, -0.15) is 4.98 Å². The van der Waals surface area contributed by atoms with Crippen LogP contribution in [0.15, 0.2) is 48.5 Å². The largest absolute Gasteiger partial charge is 0.362 e. The fourth-order valence-electron chi connectivity index (χ4n) is 4.57. The van der Waals surface area contributed by atoms with Crippen LogP contribution in [0.3, 0.4) is 0 Å². The van der Waals surface area contributed by atoms with Gasteiger partial charge in [0.1, 0.15) is 5.82 Å². The van der Waals surface area contributed by atoms with E-state index in [0.29, 0.717) is 11.9 Å². The minimum atomic E-state index is -0.179. The number of carbonyl (C=O) groups is 1. The number of urea groups is 1. The predicted octanol–water partition coefficient (Wildman–Crippen LogP) is 5.92. The number of nitrogens with one attached hydrogen (secondary N) is 2. The molecular formula is C26H34N6OS. The van der Waals surface area contributed by atoms with Crippen molar-refractivity contribution in [1.29, 1.82) is 0 Å². The first-order chi connectivity index (χ1) is 16.3. The molecule has 2 aromatic carbocycles. The Kier molecular flexibility index (Phi) is 7.46. The lowest BCUT2D eigenvalue weighted by atomic mass is 9.91. The lowest BCUT2D eigenvalue weighted by molar-refractivity contribution is 0.217. The Morgan fingerprint density at radius 2 is 1.68 bits per heavy atom. The van der Waals surface area contributed by atoms with Crippen molar-refractivity contribution in [2.75, 3.05) is 29.6 Å². The van der Waals surface area contributed by atoms with Crippen molar-refractivity contribution >= 4 is 47.2 Å². The zero-order valence-corrected chi connectivity index (χ0v) is 21.2. The van der Waals surface area contributed by atoms with Gasteiger partial charge in [-0.25, -0.2) is 9.78 Å². The van der Waals surface area contributed by atoms with Crippen molar-refractivity contribution in [1.82, 2.24) is 14.3 Å². The van der Waals surface area contributed by atoms with Crippen molar-refractivity contribution in [2.45, 2.75) is 57.5 Å². The second-order valence-electron chi connectivity index (χ2n) is 9.45. The summed E-state index contributed by atoms with van der Waals surface area (Å²) in [6, 6.07) is 16.2. The number of hydrogen-bond acceptors (Lipinski definition) is 6. The highest BCUT2D eigenvalue weighted by atomic mass is 32.1. The molecule has 1 aliphatic rings. The number of para-hydroxylation sites is 2. The van der Waals surface area contributed by atoms with Gasteiger partial charge in [0.15, 0.2) is 0 Å². The molecule has 1 fully saturated rings. The van der Waals surface area contributed by atoms with E-state index >= 15 is 0 Å². The molecule has 34 heavy (non-hydrogen) atoms. The number of amides is 2. The van der Waals surface area contributed by atoms with Crippen molar-refractivity contribution in [3.05, 3.63) is 54.1 Å². The molecule has 1 saturated carbocycles. The summed E-state index contributed by atoms with van der Waals surface area (Å²) in [5, 5.41) is 7.61. The van der Waals surface area contributed by atoms with Gasteiger partial charge in [0.2, 0.25) is 5.95 Å². The Labute approximate surface area is 207 Å². The zero-order valence-electron chi connectivity index (χ0n) is 20.3. The van der Waals surface area contributed by atoms with E-state index in [-0.39, 0.29) is 18.1 Å². The third kappa shape index (κ3) is 5.38. The van der Waals surface area contributed by atoms with Crippen LogP contribution >= 0.6 is 12.8 Å². The summed E-state index contributed by atoms with van der Waals surface area (Å²) in [5.41, 5.74) is 2.90. The second kappa shape index (κ2) is 10.5. The number of rotatable bonds is 6. The van der Waals surface area contributed by atoms with E-state index in [1.54, 1.807) is 4.31 Å². The number of thiol groups is 1. The molecule has 180 valence electrons. The summed E-state index contributed by atoms with van der Waals surface area (Å²) in [6.07, 6.45) is 3.58. The van der Waals surface area contributed by atoms with E-state index in [0.717, 1.165) is 53.7 Å². The van der Waals surface area contributed by atoms with Crippen LogP contribution in [0.2, 0.25) is 0 Å². The van der Waals surface area contributed by atoms with Crippen LogP contribution in [0.1, 0.15) is 51.0 Å². The summed E-state index contributed by atoms with van der Waals surface area (Å²) < 4.78 is 1.56. The SMILES string of the molecule is CC(C)c1ccccc1NC(=O)N(S)C1CCC(Nc2nc(N(C)C)c3ccccc3n2)CC1. The van der Waals surface area contributed by atoms with Gasteiger partial charge in [-0.15, -0.1) is 0 Å². The highest BCUT2D eigenvalue weighted by Gasteiger charge is 2.28. The lowest BCUT2D eigenvalue weighted by Crippen LogP contribution is -2.40. The molecule has 0 bridgehead atoms.